The standard InChI is InChI=1S/C3H7NO2.C3H8O2/c1-2(5)3(4)6;4-2-1-3-5/h2,5H,1H3,(H2,4,6);4-5H,1-3H2. The third kappa shape index (κ3) is 17.6. The zero-order chi connectivity index (χ0) is 9.28. The van der Waals surface area contributed by atoms with Gasteiger partial charge in [0.05, 0.1) is 0 Å². The number of carbonyl (C=O) groups is 1. The van der Waals surface area contributed by atoms with Crippen molar-refractivity contribution in [1.29, 1.82) is 0 Å². The van der Waals surface area contributed by atoms with E-state index in [2.05, 4.69) is 5.73 Å². The molecule has 0 radical (unpaired) electrons. The molecule has 0 fully saturated rings. The second kappa shape index (κ2) is 9.35. The minimum absolute atomic E-state index is 0.0938. The van der Waals surface area contributed by atoms with Crippen LogP contribution in [-0.2, 0) is 4.79 Å². The first-order valence-electron chi connectivity index (χ1n) is 3.25. The lowest BCUT2D eigenvalue weighted by atomic mass is 10.4. The van der Waals surface area contributed by atoms with Crippen molar-refractivity contribution in [3.63, 3.8) is 0 Å². The number of rotatable bonds is 3. The van der Waals surface area contributed by atoms with Crippen LogP contribution >= 0.6 is 0 Å². The molecule has 0 aromatic rings. The Morgan fingerprint density at radius 2 is 1.73 bits per heavy atom. The van der Waals surface area contributed by atoms with Gasteiger partial charge in [0, 0.05) is 13.2 Å². The Labute approximate surface area is 65.5 Å². The average molecular weight is 165 g/mol. The molecular weight excluding hydrogens is 150 g/mol. The molecular formula is C6H15NO4. The highest BCUT2D eigenvalue weighted by molar-refractivity contribution is 5.77. The summed E-state index contributed by atoms with van der Waals surface area (Å²) in [6.45, 7) is 1.51. The van der Waals surface area contributed by atoms with E-state index in [1.54, 1.807) is 0 Å². The van der Waals surface area contributed by atoms with Crippen LogP contribution in [0.5, 0.6) is 0 Å². The van der Waals surface area contributed by atoms with Crippen LogP contribution in [0.15, 0.2) is 0 Å². The number of aliphatic hydroxyl groups is 3. The van der Waals surface area contributed by atoms with E-state index in [1.807, 2.05) is 0 Å². The molecule has 1 amide bonds. The van der Waals surface area contributed by atoms with Crippen molar-refractivity contribution >= 4 is 5.91 Å². The Kier molecular flexibility index (Phi) is 11.0. The summed E-state index contributed by atoms with van der Waals surface area (Å²) in [6.07, 6.45) is -0.509. The highest BCUT2D eigenvalue weighted by Crippen LogP contribution is 1.70. The molecule has 0 aliphatic rings. The van der Waals surface area contributed by atoms with E-state index in [0.717, 1.165) is 0 Å². The minimum Gasteiger partial charge on any atom is -0.396 e. The summed E-state index contributed by atoms with van der Waals surface area (Å²) < 4.78 is 0. The number of nitrogens with two attached hydrogens (primary N) is 1. The zero-order valence-corrected chi connectivity index (χ0v) is 6.53. The maximum atomic E-state index is 9.67. The van der Waals surface area contributed by atoms with Crippen molar-refractivity contribution < 1.29 is 20.1 Å². The third-order valence-electron chi connectivity index (χ3n) is 0.728. The van der Waals surface area contributed by atoms with E-state index in [4.69, 9.17) is 15.3 Å². The lowest BCUT2D eigenvalue weighted by Crippen LogP contribution is -2.24. The smallest absolute Gasteiger partial charge is 0.245 e. The van der Waals surface area contributed by atoms with Gasteiger partial charge in [-0.05, 0) is 13.3 Å². The molecule has 0 saturated heterocycles. The number of aliphatic hydroxyl groups excluding tert-OH is 3. The Morgan fingerprint density at radius 1 is 1.45 bits per heavy atom. The van der Waals surface area contributed by atoms with Gasteiger partial charge in [-0.25, -0.2) is 0 Å². The van der Waals surface area contributed by atoms with E-state index >= 15 is 0 Å². The van der Waals surface area contributed by atoms with Crippen LogP contribution in [0.3, 0.4) is 0 Å². The molecule has 0 spiro atoms. The molecule has 1 unspecified atom stereocenters. The first kappa shape index (κ1) is 13.0. The Bertz CT molecular complexity index is 92.6. The summed E-state index contributed by atoms with van der Waals surface area (Å²) in [4.78, 5) is 9.67. The van der Waals surface area contributed by atoms with Crippen LogP contribution in [0.25, 0.3) is 0 Å². The summed E-state index contributed by atoms with van der Waals surface area (Å²) in [7, 11) is 0. The van der Waals surface area contributed by atoms with E-state index in [0.29, 0.717) is 6.42 Å². The van der Waals surface area contributed by atoms with Crippen molar-refractivity contribution in [2.24, 2.45) is 5.73 Å². The lowest BCUT2D eigenvalue weighted by Gasteiger charge is -1.90. The van der Waals surface area contributed by atoms with Gasteiger partial charge in [-0.1, -0.05) is 0 Å². The van der Waals surface area contributed by atoms with E-state index in [9.17, 15) is 4.79 Å². The van der Waals surface area contributed by atoms with Gasteiger partial charge in [-0.15, -0.1) is 0 Å². The van der Waals surface area contributed by atoms with Gasteiger partial charge in [0.15, 0.2) is 0 Å². The fourth-order valence-electron chi connectivity index (χ4n) is 0.0707. The number of hydrogen-bond acceptors (Lipinski definition) is 4. The van der Waals surface area contributed by atoms with Gasteiger partial charge in [-0.2, -0.15) is 0 Å². The van der Waals surface area contributed by atoms with Crippen LogP contribution in [0, 0.1) is 0 Å². The molecule has 0 bridgehead atoms. The van der Waals surface area contributed by atoms with Crippen LogP contribution in [-0.4, -0.2) is 40.5 Å². The Morgan fingerprint density at radius 3 is 1.73 bits per heavy atom. The SMILES string of the molecule is CC(O)C(N)=O.OCCCO. The molecule has 5 nitrogen and oxygen atoms in total. The fourth-order valence-corrected chi connectivity index (χ4v) is 0.0707. The quantitative estimate of drug-likeness (QED) is 0.396. The minimum atomic E-state index is -1.01. The monoisotopic (exact) mass is 165 g/mol. The van der Waals surface area contributed by atoms with E-state index in [-0.39, 0.29) is 13.2 Å². The second-order valence-electron chi connectivity index (χ2n) is 1.88. The summed E-state index contributed by atoms with van der Waals surface area (Å²) in [6, 6.07) is 0. The van der Waals surface area contributed by atoms with Gasteiger partial charge in [0.25, 0.3) is 0 Å². The molecule has 1 atom stereocenters. The third-order valence-corrected chi connectivity index (χ3v) is 0.728. The zero-order valence-electron chi connectivity index (χ0n) is 6.53. The first-order chi connectivity index (χ1) is 5.06. The normalized spacial score (nSPS) is 11.3. The van der Waals surface area contributed by atoms with Crippen molar-refractivity contribution in [3.05, 3.63) is 0 Å². The van der Waals surface area contributed by atoms with Gasteiger partial charge >= 0.3 is 0 Å². The summed E-state index contributed by atoms with van der Waals surface area (Å²) >= 11 is 0. The summed E-state index contributed by atoms with van der Waals surface area (Å²) in [5.74, 6) is -0.685. The highest BCUT2D eigenvalue weighted by atomic mass is 16.3. The predicted octanol–water partition coefficient (Wildman–Crippen LogP) is -1.79. The van der Waals surface area contributed by atoms with E-state index in [1.165, 1.54) is 6.92 Å². The largest absolute Gasteiger partial charge is 0.396 e. The average Bonchev–Trinajstić information content (AvgIpc) is 1.90. The maximum Gasteiger partial charge on any atom is 0.245 e. The number of primary amides is 1. The maximum absolute atomic E-state index is 9.67. The molecule has 0 aromatic heterocycles. The molecule has 0 aromatic carbocycles. The number of hydrogen-bond donors (Lipinski definition) is 4. The van der Waals surface area contributed by atoms with Crippen molar-refractivity contribution in [3.8, 4) is 0 Å². The summed E-state index contributed by atoms with van der Waals surface area (Å²) in [5, 5.41) is 24.0. The summed E-state index contributed by atoms with van der Waals surface area (Å²) in [5.41, 5.74) is 4.55. The number of amides is 1. The number of carbonyl (C=O) groups excluding carboxylic acids is 1. The topological polar surface area (TPSA) is 104 Å². The van der Waals surface area contributed by atoms with Gasteiger partial charge < -0.3 is 21.1 Å². The fraction of sp³-hybridized carbons (Fsp3) is 0.833. The molecule has 11 heavy (non-hydrogen) atoms. The Hall–Kier alpha value is -0.650. The van der Waals surface area contributed by atoms with Crippen molar-refractivity contribution in [1.82, 2.24) is 0 Å². The molecule has 0 saturated carbocycles. The molecule has 68 valence electrons. The van der Waals surface area contributed by atoms with Gasteiger partial charge in [0.2, 0.25) is 5.91 Å². The van der Waals surface area contributed by atoms with Gasteiger partial charge in [-0.3, -0.25) is 4.79 Å². The molecule has 0 rings (SSSR count). The Balaban J connectivity index is 0. The molecule has 5 heteroatoms. The first-order valence-corrected chi connectivity index (χ1v) is 3.25. The van der Waals surface area contributed by atoms with Crippen LogP contribution in [0.2, 0.25) is 0 Å². The van der Waals surface area contributed by atoms with Crippen LogP contribution in [0.4, 0.5) is 0 Å². The van der Waals surface area contributed by atoms with Gasteiger partial charge in [0.1, 0.15) is 6.10 Å². The highest BCUT2D eigenvalue weighted by Gasteiger charge is 1.98. The molecule has 0 aliphatic carbocycles. The second-order valence-corrected chi connectivity index (χ2v) is 1.88. The molecule has 5 N–H and O–H groups in total. The van der Waals surface area contributed by atoms with E-state index < -0.39 is 12.0 Å². The van der Waals surface area contributed by atoms with Crippen LogP contribution in [0.1, 0.15) is 13.3 Å². The van der Waals surface area contributed by atoms with Crippen molar-refractivity contribution in [2.45, 2.75) is 19.4 Å². The predicted molar refractivity (Wildman–Crippen MR) is 39.7 cm³/mol. The molecule has 0 aliphatic heterocycles. The van der Waals surface area contributed by atoms with Crippen molar-refractivity contribution in [2.75, 3.05) is 13.2 Å². The lowest BCUT2D eigenvalue weighted by molar-refractivity contribution is -0.125. The van der Waals surface area contributed by atoms with Crippen LogP contribution < -0.4 is 5.73 Å². The molecule has 0 heterocycles.